The van der Waals surface area contributed by atoms with E-state index in [2.05, 4.69) is 15.2 Å². The van der Waals surface area contributed by atoms with Crippen LogP contribution in [0.25, 0.3) is 21.7 Å². The van der Waals surface area contributed by atoms with Gasteiger partial charge in [-0.2, -0.15) is 0 Å². The minimum atomic E-state index is -0.287. The van der Waals surface area contributed by atoms with Crippen LogP contribution in [-0.2, 0) is 11.2 Å². The molecule has 0 aliphatic heterocycles. The van der Waals surface area contributed by atoms with Gasteiger partial charge in [0.25, 0.3) is 0 Å². The Morgan fingerprint density at radius 2 is 1.96 bits per heavy atom. The number of nitrogens with zero attached hydrogens (tertiary/aromatic N) is 3. The number of rotatable bonds is 5. The molecule has 0 N–H and O–H groups in total. The van der Waals surface area contributed by atoms with Crippen molar-refractivity contribution in [2.24, 2.45) is 0 Å². The highest BCUT2D eigenvalue weighted by Gasteiger charge is 2.10. The first-order chi connectivity index (χ1) is 12.3. The average molecular weight is 351 g/mol. The summed E-state index contributed by atoms with van der Waals surface area (Å²) in [5, 5.41) is 8.39. The zero-order chi connectivity index (χ0) is 17.1. The molecule has 0 fully saturated rings. The van der Waals surface area contributed by atoms with Crippen LogP contribution in [0.3, 0.4) is 0 Å². The Kier molecular flexibility index (Phi) is 4.22. The predicted molar refractivity (Wildman–Crippen MR) is 93.3 cm³/mol. The Balaban J connectivity index is 1.35. The van der Waals surface area contributed by atoms with Gasteiger partial charge in [-0.05, 0) is 36.4 Å². The van der Waals surface area contributed by atoms with E-state index in [0.29, 0.717) is 18.1 Å². The van der Waals surface area contributed by atoms with Crippen LogP contribution in [0.5, 0.6) is 5.75 Å². The summed E-state index contributed by atoms with van der Waals surface area (Å²) in [6.45, 7) is 0. The van der Waals surface area contributed by atoms with Crippen molar-refractivity contribution in [3.8, 4) is 17.2 Å². The van der Waals surface area contributed by atoms with Crippen molar-refractivity contribution in [2.75, 3.05) is 0 Å². The number of carbonyl (C=O) groups excluding carboxylic acids is 1. The topological polar surface area (TPSA) is 78.1 Å². The molecule has 0 unspecified atom stereocenters. The molecule has 2 aromatic carbocycles. The molecular weight excluding hydrogens is 338 g/mol. The van der Waals surface area contributed by atoms with Gasteiger partial charge in [0, 0.05) is 12.0 Å². The summed E-state index contributed by atoms with van der Waals surface area (Å²) in [6, 6.07) is 14.9. The summed E-state index contributed by atoms with van der Waals surface area (Å²) < 4.78 is 11.6. The molecule has 2 heterocycles. The molecule has 0 aliphatic rings. The fourth-order valence-electron chi connectivity index (χ4n) is 2.38. The van der Waals surface area contributed by atoms with Crippen LogP contribution in [0, 0.1) is 0 Å². The molecule has 0 bridgehead atoms. The highest BCUT2D eigenvalue weighted by Crippen LogP contribution is 2.23. The van der Waals surface area contributed by atoms with Gasteiger partial charge in [0.1, 0.15) is 5.75 Å². The Labute approximate surface area is 147 Å². The number of aromatic nitrogens is 3. The van der Waals surface area contributed by atoms with Gasteiger partial charge in [-0.1, -0.05) is 12.1 Å². The number of ether oxygens (including phenoxy) is 1. The van der Waals surface area contributed by atoms with Crippen LogP contribution in [0.15, 0.2) is 59.3 Å². The van der Waals surface area contributed by atoms with E-state index in [1.54, 1.807) is 35.6 Å². The lowest BCUT2D eigenvalue weighted by Crippen LogP contribution is -2.08. The molecule has 6 nitrogen and oxygen atoms in total. The molecule has 0 spiro atoms. The SMILES string of the molecule is O=C(CCc1nc2ccccc2s1)Oc1ccc(-c2nnco2)cc1. The maximum atomic E-state index is 12.0. The molecule has 4 rings (SSSR count). The van der Waals surface area contributed by atoms with Crippen molar-refractivity contribution in [3.63, 3.8) is 0 Å². The highest BCUT2D eigenvalue weighted by molar-refractivity contribution is 7.18. The molecule has 2 aromatic heterocycles. The Morgan fingerprint density at radius 3 is 2.72 bits per heavy atom. The maximum Gasteiger partial charge on any atom is 0.311 e. The van der Waals surface area contributed by atoms with Gasteiger partial charge in [0.2, 0.25) is 12.3 Å². The zero-order valence-corrected chi connectivity index (χ0v) is 13.9. The van der Waals surface area contributed by atoms with E-state index in [1.165, 1.54) is 6.39 Å². The van der Waals surface area contributed by atoms with Crippen molar-refractivity contribution in [1.29, 1.82) is 0 Å². The molecule has 0 aliphatic carbocycles. The molecule has 7 heteroatoms. The first-order valence-corrected chi connectivity index (χ1v) is 8.51. The minimum Gasteiger partial charge on any atom is -0.427 e. The monoisotopic (exact) mass is 351 g/mol. The number of carbonyl (C=O) groups is 1. The molecule has 0 atom stereocenters. The van der Waals surface area contributed by atoms with E-state index in [9.17, 15) is 4.79 Å². The number of esters is 1. The quantitative estimate of drug-likeness (QED) is 0.401. The van der Waals surface area contributed by atoms with Gasteiger partial charge < -0.3 is 9.15 Å². The number of hydrogen-bond donors (Lipinski definition) is 0. The second kappa shape index (κ2) is 6.82. The van der Waals surface area contributed by atoms with Crippen LogP contribution >= 0.6 is 11.3 Å². The fraction of sp³-hybridized carbons (Fsp3) is 0.111. The van der Waals surface area contributed by atoms with Crippen LogP contribution in [0.4, 0.5) is 0 Å². The molecular formula is C18H13N3O3S. The predicted octanol–water partition coefficient (Wildman–Crippen LogP) is 3.88. The summed E-state index contributed by atoms with van der Waals surface area (Å²) in [5.74, 6) is 0.621. The third-order valence-corrected chi connectivity index (χ3v) is 4.67. The van der Waals surface area contributed by atoms with Gasteiger partial charge >= 0.3 is 5.97 Å². The third kappa shape index (κ3) is 3.56. The van der Waals surface area contributed by atoms with Crippen LogP contribution in [0.1, 0.15) is 11.4 Å². The molecule has 124 valence electrons. The first-order valence-electron chi connectivity index (χ1n) is 7.70. The largest absolute Gasteiger partial charge is 0.427 e. The fourth-order valence-corrected chi connectivity index (χ4v) is 3.35. The molecule has 4 aromatic rings. The van der Waals surface area contributed by atoms with E-state index in [0.717, 1.165) is 20.8 Å². The average Bonchev–Trinajstić information content (AvgIpc) is 3.30. The summed E-state index contributed by atoms with van der Waals surface area (Å²) in [5.41, 5.74) is 1.74. The number of hydrogen-bond acceptors (Lipinski definition) is 7. The van der Waals surface area contributed by atoms with Crippen molar-refractivity contribution >= 4 is 27.5 Å². The summed E-state index contributed by atoms with van der Waals surface area (Å²) in [4.78, 5) is 16.5. The number of aryl methyl sites for hydroxylation is 1. The lowest BCUT2D eigenvalue weighted by molar-refractivity contribution is -0.134. The van der Waals surface area contributed by atoms with Gasteiger partial charge in [-0.25, -0.2) is 4.98 Å². The minimum absolute atomic E-state index is 0.283. The molecule has 25 heavy (non-hydrogen) atoms. The Bertz CT molecular complexity index is 961. The van der Waals surface area contributed by atoms with E-state index in [-0.39, 0.29) is 12.4 Å². The number of fused-ring (bicyclic) bond motifs is 1. The van der Waals surface area contributed by atoms with E-state index in [1.807, 2.05) is 24.3 Å². The normalized spacial score (nSPS) is 10.9. The van der Waals surface area contributed by atoms with Crippen LogP contribution < -0.4 is 4.74 Å². The summed E-state index contributed by atoms with van der Waals surface area (Å²) in [7, 11) is 0. The standard InChI is InChI=1S/C18H13N3O3S/c22-17(10-9-16-20-14-3-1-2-4-15(14)25-16)24-13-7-5-12(6-8-13)18-21-19-11-23-18/h1-8,11H,9-10H2. The molecule has 0 radical (unpaired) electrons. The Hall–Kier alpha value is -3.06. The second-order valence-corrected chi connectivity index (χ2v) is 6.43. The van der Waals surface area contributed by atoms with Gasteiger partial charge in [-0.3, -0.25) is 4.79 Å². The first kappa shape index (κ1) is 15.5. The van der Waals surface area contributed by atoms with Crippen molar-refractivity contribution < 1.29 is 13.9 Å². The number of para-hydroxylation sites is 1. The number of thiazole rings is 1. The molecule has 0 saturated carbocycles. The van der Waals surface area contributed by atoms with E-state index < -0.39 is 0 Å². The maximum absolute atomic E-state index is 12.0. The van der Waals surface area contributed by atoms with Crippen molar-refractivity contribution in [3.05, 3.63) is 59.9 Å². The summed E-state index contributed by atoms with van der Waals surface area (Å²) in [6.07, 6.45) is 2.12. The molecule has 0 saturated heterocycles. The lowest BCUT2D eigenvalue weighted by Gasteiger charge is -2.04. The van der Waals surface area contributed by atoms with Crippen LogP contribution in [-0.4, -0.2) is 21.2 Å². The summed E-state index contributed by atoms with van der Waals surface area (Å²) >= 11 is 1.60. The van der Waals surface area contributed by atoms with Gasteiger partial charge in [0.05, 0.1) is 21.6 Å². The zero-order valence-electron chi connectivity index (χ0n) is 13.1. The molecule has 0 amide bonds. The van der Waals surface area contributed by atoms with Gasteiger partial charge in [-0.15, -0.1) is 21.5 Å². The number of benzene rings is 2. The van der Waals surface area contributed by atoms with E-state index in [4.69, 9.17) is 9.15 Å². The van der Waals surface area contributed by atoms with Crippen molar-refractivity contribution in [1.82, 2.24) is 15.2 Å². The second-order valence-electron chi connectivity index (χ2n) is 5.32. The third-order valence-electron chi connectivity index (χ3n) is 3.57. The highest BCUT2D eigenvalue weighted by atomic mass is 32.1. The van der Waals surface area contributed by atoms with Crippen LogP contribution in [0.2, 0.25) is 0 Å². The van der Waals surface area contributed by atoms with Crippen molar-refractivity contribution in [2.45, 2.75) is 12.8 Å². The van der Waals surface area contributed by atoms with Gasteiger partial charge in [0.15, 0.2) is 0 Å². The van der Waals surface area contributed by atoms with E-state index >= 15 is 0 Å². The smallest absolute Gasteiger partial charge is 0.311 e. The lowest BCUT2D eigenvalue weighted by atomic mass is 10.2. The Morgan fingerprint density at radius 1 is 1.12 bits per heavy atom.